The first-order chi connectivity index (χ1) is 12.6. The van der Waals surface area contributed by atoms with Gasteiger partial charge in [-0.2, -0.15) is 8.42 Å². The molecule has 1 heterocycles. The summed E-state index contributed by atoms with van der Waals surface area (Å²) in [6, 6.07) is 12.8. The van der Waals surface area contributed by atoms with E-state index in [1.165, 1.54) is 12.1 Å². The standard InChI is InChI=1S/C11H13N3O2.C7H8O3S/c12-7-2-1-3-8(6-7)13-9-4-5-10(15)14-11(9)16;1-6-2-4-7(5-3-6)11(8,9)10/h1-3,6,9,13H,4-5,12H2,(H,14,15,16);2-5H,1H3,(H,8,9,10). The molecule has 1 fully saturated rings. The summed E-state index contributed by atoms with van der Waals surface area (Å²) < 4.78 is 29.6. The average molecular weight is 391 g/mol. The largest absolute Gasteiger partial charge is 0.399 e. The van der Waals surface area contributed by atoms with E-state index in [0.717, 1.165) is 11.3 Å². The molecule has 144 valence electrons. The van der Waals surface area contributed by atoms with Crippen molar-refractivity contribution < 1.29 is 22.6 Å². The molecule has 8 nitrogen and oxygen atoms in total. The zero-order valence-electron chi connectivity index (χ0n) is 14.7. The van der Waals surface area contributed by atoms with Crippen LogP contribution in [-0.4, -0.2) is 30.8 Å². The van der Waals surface area contributed by atoms with E-state index in [-0.39, 0.29) is 22.8 Å². The van der Waals surface area contributed by atoms with Crippen LogP contribution in [0.25, 0.3) is 0 Å². The number of benzene rings is 2. The Hall–Kier alpha value is -2.91. The topological polar surface area (TPSA) is 139 Å². The van der Waals surface area contributed by atoms with Crippen molar-refractivity contribution in [3.05, 3.63) is 54.1 Å². The normalized spacial score (nSPS) is 16.7. The number of carbonyl (C=O) groups excluding carboxylic acids is 2. The van der Waals surface area contributed by atoms with Gasteiger partial charge < -0.3 is 11.1 Å². The van der Waals surface area contributed by atoms with Crippen LogP contribution in [0.1, 0.15) is 18.4 Å². The summed E-state index contributed by atoms with van der Waals surface area (Å²) in [7, 11) is -4.02. The molecule has 9 heteroatoms. The fourth-order valence-electron chi connectivity index (χ4n) is 2.37. The third-order valence-electron chi connectivity index (χ3n) is 3.79. The van der Waals surface area contributed by atoms with Crippen LogP contribution in [0.2, 0.25) is 0 Å². The summed E-state index contributed by atoms with van der Waals surface area (Å²) in [6.45, 7) is 1.84. The molecule has 3 rings (SSSR count). The quantitative estimate of drug-likeness (QED) is 0.355. The van der Waals surface area contributed by atoms with E-state index in [1.807, 2.05) is 19.1 Å². The molecule has 5 N–H and O–H groups in total. The van der Waals surface area contributed by atoms with Crippen molar-refractivity contribution in [2.75, 3.05) is 11.1 Å². The number of nitrogens with two attached hydrogens (primary N) is 1. The van der Waals surface area contributed by atoms with Gasteiger partial charge in [-0.15, -0.1) is 0 Å². The van der Waals surface area contributed by atoms with Gasteiger partial charge >= 0.3 is 0 Å². The Morgan fingerprint density at radius 2 is 1.81 bits per heavy atom. The highest BCUT2D eigenvalue weighted by Crippen LogP contribution is 2.16. The van der Waals surface area contributed by atoms with Crippen LogP contribution in [0.4, 0.5) is 11.4 Å². The van der Waals surface area contributed by atoms with Gasteiger partial charge in [-0.25, -0.2) is 0 Å². The molecule has 1 saturated heterocycles. The molecule has 27 heavy (non-hydrogen) atoms. The van der Waals surface area contributed by atoms with Crippen LogP contribution in [0.15, 0.2) is 53.4 Å². The van der Waals surface area contributed by atoms with E-state index in [1.54, 1.807) is 24.3 Å². The number of carbonyl (C=O) groups is 2. The Balaban J connectivity index is 0.000000208. The zero-order valence-corrected chi connectivity index (χ0v) is 15.5. The number of nitrogen functional groups attached to an aromatic ring is 1. The molecule has 1 unspecified atom stereocenters. The number of hydrogen-bond acceptors (Lipinski definition) is 6. The lowest BCUT2D eigenvalue weighted by molar-refractivity contribution is -0.133. The van der Waals surface area contributed by atoms with Gasteiger partial charge in [0.1, 0.15) is 6.04 Å². The summed E-state index contributed by atoms with van der Waals surface area (Å²) in [4.78, 5) is 22.3. The summed E-state index contributed by atoms with van der Waals surface area (Å²) >= 11 is 0. The molecule has 2 aromatic rings. The molecule has 1 aliphatic heterocycles. The third kappa shape index (κ3) is 6.39. The SMILES string of the molecule is Cc1ccc(S(=O)(=O)O)cc1.Nc1cccc(NC2CCC(=O)NC2=O)c1. The Labute approximate surface area is 157 Å². The Morgan fingerprint density at radius 1 is 1.15 bits per heavy atom. The predicted molar refractivity (Wildman–Crippen MR) is 102 cm³/mol. The Morgan fingerprint density at radius 3 is 2.37 bits per heavy atom. The maximum Gasteiger partial charge on any atom is 0.294 e. The minimum Gasteiger partial charge on any atom is -0.399 e. The van der Waals surface area contributed by atoms with E-state index < -0.39 is 10.1 Å². The van der Waals surface area contributed by atoms with Crippen LogP contribution < -0.4 is 16.4 Å². The molecule has 0 bridgehead atoms. The number of anilines is 2. The van der Waals surface area contributed by atoms with Gasteiger partial charge in [0.2, 0.25) is 11.8 Å². The number of rotatable bonds is 3. The number of piperidine rings is 1. The van der Waals surface area contributed by atoms with E-state index in [4.69, 9.17) is 10.3 Å². The number of amides is 2. The first kappa shape index (κ1) is 20.4. The van der Waals surface area contributed by atoms with E-state index in [0.29, 0.717) is 18.5 Å². The molecular formula is C18H21N3O5S. The highest BCUT2D eigenvalue weighted by atomic mass is 32.2. The highest BCUT2D eigenvalue weighted by Gasteiger charge is 2.26. The molecular weight excluding hydrogens is 370 g/mol. The molecule has 2 aromatic carbocycles. The first-order valence-electron chi connectivity index (χ1n) is 8.15. The lowest BCUT2D eigenvalue weighted by Gasteiger charge is -2.22. The molecule has 0 saturated carbocycles. The van der Waals surface area contributed by atoms with Gasteiger partial charge in [0.25, 0.3) is 10.1 Å². The van der Waals surface area contributed by atoms with Gasteiger partial charge in [0, 0.05) is 17.8 Å². The molecule has 0 radical (unpaired) electrons. The van der Waals surface area contributed by atoms with Crippen LogP contribution in [0.3, 0.4) is 0 Å². The summed E-state index contributed by atoms with van der Waals surface area (Å²) in [5.74, 6) is -0.491. The lowest BCUT2D eigenvalue weighted by atomic mass is 10.1. The molecule has 2 amide bonds. The lowest BCUT2D eigenvalue weighted by Crippen LogP contribution is -2.47. The zero-order chi connectivity index (χ0) is 20.0. The minimum atomic E-state index is -4.02. The monoisotopic (exact) mass is 391 g/mol. The van der Waals surface area contributed by atoms with Crippen molar-refractivity contribution >= 4 is 33.3 Å². The van der Waals surface area contributed by atoms with Crippen molar-refractivity contribution in [3.63, 3.8) is 0 Å². The molecule has 0 spiro atoms. The number of imide groups is 1. The van der Waals surface area contributed by atoms with Gasteiger partial charge in [-0.1, -0.05) is 23.8 Å². The number of nitrogens with one attached hydrogen (secondary N) is 2. The third-order valence-corrected chi connectivity index (χ3v) is 4.65. The average Bonchev–Trinajstić information content (AvgIpc) is 2.58. The summed E-state index contributed by atoms with van der Waals surface area (Å²) in [5, 5.41) is 5.34. The second kappa shape index (κ2) is 8.65. The van der Waals surface area contributed by atoms with E-state index in [9.17, 15) is 18.0 Å². The fourth-order valence-corrected chi connectivity index (χ4v) is 2.85. The molecule has 1 aliphatic rings. The Kier molecular flexibility index (Phi) is 6.54. The van der Waals surface area contributed by atoms with Crippen molar-refractivity contribution in [2.24, 2.45) is 0 Å². The van der Waals surface area contributed by atoms with Crippen LogP contribution >= 0.6 is 0 Å². The number of hydrogen-bond donors (Lipinski definition) is 4. The Bertz CT molecular complexity index is 926. The highest BCUT2D eigenvalue weighted by molar-refractivity contribution is 7.85. The van der Waals surface area contributed by atoms with Gasteiger partial charge in [-0.3, -0.25) is 19.5 Å². The number of aryl methyl sites for hydroxylation is 1. The maximum atomic E-state index is 11.5. The minimum absolute atomic E-state index is 0.0666. The van der Waals surface area contributed by atoms with Crippen molar-refractivity contribution in [1.29, 1.82) is 0 Å². The second-order valence-electron chi connectivity index (χ2n) is 6.06. The van der Waals surface area contributed by atoms with Crippen molar-refractivity contribution in [1.82, 2.24) is 5.32 Å². The van der Waals surface area contributed by atoms with Gasteiger partial charge in [0.15, 0.2) is 0 Å². The van der Waals surface area contributed by atoms with Crippen molar-refractivity contribution in [2.45, 2.75) is 30.7 Å². The van der Waals surface area contributed by atoms with Crippen LogP contribution in [0.5, 0.6) is 0 Å². The van der Waals surface area contributed by atoms with Gasteiger partial charge in [0.05, 0.1) is 4.90 Å². The second-order valence-corrected chi connectivity index (χ2v) is 7.48. The van der Waals surface area contributed by atoms with Crippen LogP contribution in [0, 0.1) is 6.92 Å². The summed E-state index contributed by atoms with van der Waals surface area (Å²) in [6.07, 6.45) is 0.880. The van der Waals surface area contributed by atoms with Crippen molar-refractivity contribution in [3.8, 4) is 0 Å². The molecule has 1 atom stereocenters. The summed E-state index contributed by atoms with van der Waals surface area (Å²) in [5.41, 5.74) is 8.00. The first-order valence-corrected chi connectivity index (χ1v) is 9.59. The molecule has 0 aliphatic carbocycles. The smallest absolute Gasteiger partial charge is 0.294 e. The van der Waals surface area contributed by atoms with E-state index in [2.05, 4.69) is 10.6 Å². The fraction of sp³-hybridized carbons (Fsp3) is 0.222. The van der Waals surface area contributed by atoms with E-state index >= 15 is 0 Å². The maximum absolute atomic E-state index is 11.5. The molecule has 0 aromatic heterocycles. The van der Waals surface area contributed by atoms with Gasteiger partial charge in [-0.05, 0) is 43.7 Å². The van der Waals surface area contributed by atoms with Crippen LogP contribution in [-0.2, 0) is 19.7 Å². The predicted octanol–water partition coefficient (Wildman–Crippen LogP) is 1.73.